The third-order valence-corrected chi connectivity index (χ3v) is 4.66. The van der Waals surface area contributed by atoms with Gasteiger partial charge in [0.2, 0.25) is 0 Å². The van der Waals surface area contributed by atoms with Crippen LogP contribution in [0.25, 0.3) is 10.6 Å². The first-order valence-electron chi connectivity index (χ1n) is 7.45. The van der Waals surface area contributed by atoms with Crippen molar-refractivity contribution < 1.29 is 0 Å². The normalized spacial score (nSPS) is 16.7. The fraction of sp³-hybridized carbons (Fsp3) is 0.0476. The first-order chi connectivity index (χ1) is 10.9. The van der Waals surface area contributed by atoms with Gasteiger partial charge in [-0.1, -0.05) is 96.5 Å². The van der Waals surface area contributed by atoms with E-state index in [1.165, 1.54) is 22.3 Å². The Bertz CT molecular complexity index is 832. The molecule has 106 valence electrons. The van der Waals surface area contributed by atoms with E-state index in [2.05, 4.69) is 78.9 Å². The Labute approximate surface area is 135 Å². The highest BCUT2D eigenvalue weighted by Crippen LogP contribution is 2.51. The highest BCUT2D eigenvalue weighted by molar-refractivity contribution is 6.54. The molecule has 0 saturated carbocycles. The lowest BCUT2D eigenvalue weighted by Gasteiger charge is -2.17. The van der Waals surface area contributed by atoms with Gasteiger partial charge in [-0.3, -0.25) is 0 Å². The van der Waals surface area contributed by atoms with Crippen LogP contribution in [-0.2, 0) is 0 Å². The maximum absolute atomic E-state index is 6.77. The van der Waals surface area contributed by atoms with Gasteiger partial charge in [0.1, 0.15) is 0 Å². The molecule has 1 unspecified atom stereocenters. The van der Waals surface area contributed by atoms with Gasteiger partial charge in [-0.15, -0.1) is 0 Å². The van der Waals surface area contributed by atoms with Gasteiger partial charge in [0, 0.05) is 5.92 Å². The molecule has 0 bridgehead atoms. The summed E-state index contributed by atoms with van der Waals surface area (Å²) in [6.45, 7) is 0. The van der Waals surface area contributed by atoms with Crippen molar-refractivity contribution >= 4 is 22.2 Å². The van der Waals surface area contributed by atoms with E-state index in [1.807, 2.05) is 6.07 Å². The number of allylic oxidation sites excluding steroid dienone is 1. The van der Waals surface area contributed by atoms with Crippen LogP contribution in [0, 0.1) is 0 Å². The van der Waals surface area contributed by atoms with E-state index in [9.17, 15) is 0 Å². The van der Waals surface area contributed by atoms with Crippen LogP contribution in [0.4, 0.5) is 0 Å². The minimum atomic E-state index is 0.201. The molecule has 3 aromatic rings. The second kappa shape index (κ2) is 5.47. The van der Waals surface area contributed by atoms with E-state index >= 15 is 0 Å². The topological polar surface area (TPSA) is 0 Å². The Kier molecular flexibility index (Phi) is 3.32. The molecule has 1 heteroatoms. The molecule has 0 nitrogen and oxygen atoms in total. The molecule has 3 aromatic carbocycles. The van der Waals surface area contributed by atoms with E-state index in [0.29, 0.717) is 0 Å². The Morgan fingerprint density at radius 2 is 1.23 bits per heavy atom. The maximum Gasteiger partial charge on any atom is 0.0529 e. The summed E-state index contributed by atoms with van der Waals surface area (Å²) in [6.07, 6.45) is 0. The van der Waals surface area contributed by atoms with Crippen LogP contribution in [0.15, 0.2) is 84.9 Å². The first-order valence-corrected chi connectivity index (χ1v) is 7.83. The number of halogens is 1. The number of rotatable bonds is 2. The van der Waals surface area contributed by atoms with Crippen LogP contribution >= 0.6 is 11.6 Å². The van der Waals surface area contributed by atoms with Crippen LogP contribution in [0.1, 0.15) is 28.2 Å². The molecule has 0 radical (unpaired) electrons. The molecular weight excluding hydrogens is 288 g/mol. The average molecular weight is 303 g/mol. The summed E-state index contributed by atoms with van der Waals surface area (Å²) >= 11 is 6.77. The van der Waals surface area contributed by atoms with Crippen molar-refractivity contribution in [3.8, 4) is 0 Å². The van der Waals surface area contributed by atoms with Crippen LogP contribution < -0.4 is 0 Å². The van der Waals surface area contributed by atoms with Gasteiger partial charge in [-0.2, -0.15) is 0 Å². The molecule has 1 atom stereocenters. The van der Waals surface area contributed by atoms with E-state index in [4.69, 9.17) is 11.6 Å². The summed E-state index contributed by atoms with van der Waals surface area (Å²) in [7, 11) is 0. The monoisotopic (exact) mass is 302 g/mol. The minimum Gasteiger partial charge on any atom is -0.0833 e. The molecule has 4 rings (SSSR count). The van der Waals surface area contributed by atoms with Gasteiger partial charge in [0.25, 0.3) is 0 Å². The largest absolute Gasteiger partial charge is 0.0833 e. The predicted molar refractivity (Wildman–Crippen MR) is 93.8 cm³/mol. The fourth-order valence-electron chi connectivity index (χ4n) is 3.28. The molecule has 0 N–H and O–H groups in total. The fourth-order valence-corrected chi connectivity index (χ4v) is 3.67. The van der Waals surface area contributed by atoms with Crippen molar-refractivity contribution in [3.05, 3.63) is 107 Å². The SMILES string of the molecule is ClC1=C(c2ccccc2)C(c2ccccc2)c2ccccc21. The van der Waals surface area contributed by atoms with Gasteiger partial charge < -0.3 is 0 Å². The molecule has 0 aromatic heterocycles. The number of benzene rings is 3. The Balaban J connectivity index is 1.97. The molecule has 0 saturated heterocycles. The zero-order valence-electron chi connectivity index (χ0n) is 12.0. The van der Waals surface area contributed by atoms with Gasteiger partial charge in [0.15, 0.2) is 0 Å². The second-order valence-corrected chi connectivity index (χ2v) is 5.90. The molecule has 0 aliphatic heterocycles. The van der Waals surface area contributed by atoms with Crippen molar-refractivity contribution in [1.29, 1.82) is 0 Å². The maximum atomic E-state index is 6.77. The lowest BCUT2D eigenvalue weighted by molar-refractivity contribution is 1.07. The number of hydrogen-bond donors (Lipinski definition) is 0. The highest BCUT2D eigenvalue weighted by atomic mass is 35.5. The number of fused-ring (bicyclic) bond motifs is 1. The quantitative estimate of drug-likeness (QED) is 0.549. The van der Waals surface area contributed by atoms with Crippen LogP contribution in [0.3, 0.4) is 0 Å². The van der Waals surface area contributed by atoms with Gasteiger partial charge in [0.05, 0.1) is 5.03 Å². The molecule has 1 aliphatic rings. The van der Waals surface area contributed by atoms with Crippen LogP contribution in [0.2, 0.25) is 0 Å². The van der Waals surface area contributed by atoms with Crippen molar-refractivity contribution in [2.75, 3.05) is 0 Å². The summed E-state index contributed by atoms with van der Waals surface area (Å²) in [4.78, 5) is 0. The van der Waals surface area contributed by atoms with Crippen LogP contribution in [0.5, 0.6) is 0 Å². The lowest BCUT2D eigenvalue weighted by atomic mass is 9.85. The standard InChI is InChI=1S/C21H15Cl/c22-21-18-14-8-7-13-17(18)19(15-9-3-1-4-10-15)20(21)16-11-5-2-6-12-16/h1-14,19H. The lowest BCUT2D eigenvalue weighted by Crippen LogP contribution is -2.00. The molecule has 0 amide bonds. The highest BCUT2D eigenvalue weighted by Gasteiger charge is 2.32. The Hall–Kier alpha value is -2.31. The smallest absolute Gasteiger partial charge is 0.0529 e. The number of hydrogen-bond acceptors (Lipinski definition) is 0. The summed E-state index contributed by atoms with van der Waals surface area (Å²) < 4.78 is 0. The summed E-state index contributed by atoms with van der Waals surface area (Å²) in [5.74, 6) is 0.201. The third kappa shape index (κ3) is 2.08. The first kappa shape index (κ1) is 13.4. The second-order valence-electron chi connectivity index (χ2n) is 5.52. The molecule has 0 heterocycles. The van der Waals surface area contributed by atoms with E-state index in [0.717, 1.165) is 10.6 Å². The van der Waals surface area contributed by atoms with Crippen molar-refractivity contribution in [1.82, 2.24) is 0 Å². The Morgan fingerprint density at radius 3 is 1.95 bits per heavy atom. The molecule has 22 heavy (non-hydrogen) atoms. The summed E-state index contributed by atoms with van der Waals surface area (Å²) in [6, 6.07) is 29.5. The summed E-state index contributed by atoms with van der Waals surface area (Å²) in [5, 5.41) is 0.871. The Morgan fingerprint density at radius 1 is 0.636 bits per heavy atom. The molecular formula is C21H15Cl. The third-order valence-electron chi connectivity index (χ3n) is 4.25. The van der Waals surface area contributed by atoms with Gasteiger partial charge in [-0.05, 0) is 27.8 Å². The minimum absolute atomic E-state index is 0.201. The van der Waals surface area contributed by atoms with Crippen LogP contribution in [-0.4, -0.2) is 0 Å². The molecule has 0 spiro atoms. The van der Waals surface area contributed by atoms with Crippen molar-refractivity contribution in [2.45, 2.75) is 5.92 Å². The molecule has 1 aliphatic carbocycles. The zero-order valence-corrected chi connectivity index (χ0v) is 12.8. The average Bonchev–Trinajstić information content (AvgIpc) is 2.90. The van der Waals surface area contributed by atoms with Gasteiger partial charge >= 0.3 is 0 Å². The summed E-state index contributed by atoms with van der Waals surface area (Å²) in [5.41, 5.74) is 6.12. The van der Waals surface area contributed by atoms with Crippen molar-refractivity contribution in [2.24, 2.45) is 0 Å². The van der Waals surface area contributed by atoms with E-state index < -0.39 is 0 Å². The van der Waals surface area contributed by atoms with E-state index in [1.54, 1.807) is 0 Å². The van der Waals surface area contributed by atoms with Crippen molar-refractivity contribution in [3.63, 3.8) is 0 Å². The molecule has 0 fully saturated rings. The zero-order chi connectivity index (χ0) is 14.9. The van der Waals surface area contributed by atoms with Gasteiger partial charge in [-0.25, -0.2) is 0 Å². The van der Waals surface area contributed by atoms with E-state index in [-0.39, 0.29) is 5.92 Å². The predicted octanol–water partition coefficient (Wildman–Crippen LogP) is 5.94.